The van der Waals surface area contributed by atoms with Gasteiger partial charge in [-0.05, 0) is 30.7 Å². The highest BCUT2D eigenvalue weighted by Crippen LogP contribution is 2.23. The number of nitrogens with zero attached hydrogens (tertiary/aromatic N) is 1. The quantitative estimate of drug-likeness (QED) is 0.706. The summed E-state index contributed by atoms with van der Waals surface area (Å²) < 4.78 is 0. The van der Waals surface area contributed by atoms with Gasteiger partial charge in [0.05, 0.1) is 16.8 Å². The number of benzene rings is 2. The Hall–Kier alpha value is -2.88. The predicted molar refractivity (Wildman–Crippen MR) is 85.3 cm³/mol. The number of nitrogens with one attached hydrogen (secondary N) is 1. The van der Waals surface area contributed by atoms with E-state index < -0.39 is 0 Å². The highest BCUT2D eigenvalue weighted by Gasteiger charge is 2.14. The van der Waals surface area contributed by atoms with E-state index in [9.17, 15) is 4.79 Å². The number of para-hydroxylation sites is 1. The lowest BCUT2D eigenvalue weighted by Gasteiger charge is -2.11. The highest BCUT2D eigenvalue weighted by atomic mass is 16.1. The largest absolute Gasteiger partial charge is 0.398 e. The molecule has 4 nitrogen and oxygen atoms in total. The molecule has 0 unspecified atom stereocenters. The summed E-state index contributed by atoms with van der Waals surface area (Å²) in [6.45, 7) is 1.87. The van der Waals surface area contributed by atoms with Gasteiger partial charge in [-0.1, -0.05) is 30.3 Å². The molecule has 0 fully saturated rings. The van der Waals surface area contributed by atoms with Crippen molar-refractivity contribution in [3.05, 3.63) is 65.9 Å². The average Bonchev–Trinajstić information content (AvgIpc) is 2.47. The third-order valence-corrected chi connectivity index (χ3v) is 3.41. The lowest BCUT2D eigenvalue weighted by molar-refractivity contribution is 0.102. The first-order chi connectivity index (χ1) is 10.2. The first kappa shape index (κ1) is 13.1. The Morgan fingerprint density at radius 3 is 2.67 bits per heavy atom. The van der Waals surface area contributed by atoms with Gasteiger partial charge in [-0.25, -0.2) is 0 Å². The van der Waals surface area contributed by atoms with Crippen LogP contribution < -0.4 is 11.1 Å². The summed E-state index contributed by atoms with van der Waals surface area (Å²) in [5.41, 5.74) is 9.18. The number of nitrogen functional groups attached to an aromatic ring is 1. The van der Waals surface area contributed by atoms with Gasteiger partial charge in [0.25, 0.3) is 5.91 Å². The minimum Gasteiger partial charge on any atom is -0.398 e. The van der Waals surface area contributed by atoms with Gasteiger partial charge >= 0.3 is 0 Å². The van der Waals surface area contributed by atoms with E-state index >= 15 is 0 Å². The number of nitrogens with two attached hydrogens (primary N) is 1. The molecule has 1 amide bonds. The van der Waals surface area contributed by atoms with Gasteiger partial charge in [0.1, 0.15) is 0 Å². The van der Waals surface area contributed by atoms with E-state index in [2.05, 4.69) is 10.3 Å². The molecule has 0 aliphatic carbocycles. The number of carbonyl (C=O) groups is 1. The van der Waals surface area contributed by atoms with E-state index in [1.807, 2.05) is 49.4 Å². The number of pyridine rings is 1. The molecule has 3 aromatic rings. The number of aromatic nitrogens is 1. The van der Waals surface area contributed by atoms with E-state index in [-0.39, 0.29) is 5.91 Å². The van der Waals surface area contributed by atoms with Crippen molar-refractivity contribution in [1.82, 2.24) is 4.98 Å². The van der Waals surface area contributed by atoms with Crippen molar-refractivity contribution >= 4 is 28.2 Å². The molecule has 0 spiro atoms. The molecular weight excluding hydrogens is 262 g/mol. The van der Waals surface area contributed by atoms with Crippen molar-refractivity contribution < 1.29 is 4.79 Å². The Morgan fingerprint density at radius 2 is 1.86 bits per heavy atom. The third kappa shape index (κ3) is 2.43. The summed E-state index contributed by atoms with van der Waals surface area (Å²) in [5, 5.41) is 3.88. The van der Waals surface area contributed by atoms with Crippen molar-refractivity contribution in [2.24, 2.45) is 0 Å². The minimum absolute atomic E-state index is 0.219. The molecule has 3 rings (SSSR count). The number of hydrogen-bond acceptors (Lipinski definition) is 3. The third-order valence-electron chi connectivity index (χ3n) is 3.41. The molecule has 1 heterocycles. The zero-order valence-corrected chi connectivity index (χ0v) is 11.6. The maximum atomic E-state index is 12.5. The number of aryl methyl sites for hydroxylation is 1. The maximum Gasteiger partial charge on any atom is 0.258 e. The standard InChI is InChI=1S/C17H15N3O/c1-11-5-2-8-13(18)15(11)17(21)20-14-9-3-6-12-7-4-10-19-16(12)14/h2-10H,18H2,1H3,(H,20,21). The number of anilines is 2. The van der Waals surface area contributed by atoms with Crippen LogP contribution in [0, 0.1) is 6.92 Å². The molecule has 1 aromatic heterocycles. The van der Waals surface area contributed by atoms with Gasteiger partial charge in [0.2, 0.25) is 0 Å². The van der Waals surface area contributed by atoms with Crippen molar-refractivity contribution in [3.63, 3.8) is 0 Å². The molecule has 0 atom stereocenters. The molecule has 21 heavy (non-hydrogen) atoms. The van der Waals surface area contributed by atoms with E-state index in [1.54, 1.807) is 12.3 Å². The lowest BCUT2D eigenvalue weighted by atomic mass is 10.1. The fourth-order valence-electron chi connectivity index (χ4n) is 2.39. The van der Waals surface area contributed by atoms with Gasteiger partial charge in [-0.2, -0.15) is 0 Å². The molecule has 0 radical (unpaired) electrons. The molecule has 0 bridgehead atoms. The summed E-state index contributed by atoms with van der Waals surface area (Å²) in [6.07, 6.45) is 1.71. The number of fused-ring (bicyclic) bond motifs is 1. The minimum atomic E-state index is -0.219. The topological polar surface area (TPSA) is 68.0 Å². The van der Waals surface area contributed by atoms with Crippen LogP contribution in [0.25, 0.3) is 10.9 Å². The van der Waals surface area contributed by atoms with Crippen molar-refractivity contribution in [2.45, 2.75) is 6.92 Å². The van der Waals surface area contributed by atoms with Crippen LogP contribution in [0.5, 0.6) is 0 Å². The Kier molecular flexibility index (Phi) is 3.28. The summed E-state index contributed by atoms with van der Waals surface area (Å²) in [6, 6.07) is 14.9. The molecule has 0 aliphatic heterocycles. The summed E-state index contributed by atoms with van der Waals surface area (Å²) in [7, 11) is 0. The molecule has 4 heteroatoms. The monoisotopic (exact) mass is 277 g/mol. The second-order valence-corrected chi connectivity index (χ2v) is 4.87. The summed E-state index contributed by atoms with van der Waals surface area (Å²) in [5.74, 6) is -0.219. The molecule has 2 aromatic carbocycles. The zero-order chi connectivity index (χ0) is 14.8. The second kappa shape index (κ2) is 5.25. The SMILES string of the molecule is Cc1cccc(N)c1C(=O)Nc1cccc2cccnc12. The smallest absolute Gasteiger partial charge is 0.258 e. The van der Waals surface area contributed by atoms with Gasteiger partial charge < -0.3 is 11.1 Å². The van der Waals surface area contributed by atoms with Crippen LogP contribution in [-0.4, -0.2) is 10.9 Å². The first-order valence-corrected chi connectivity index (χ1v) is 6.67. The van der Waals surface area contributed by atoms with Crippen LogP contribution >= 0.6 is 0 Å². The Labute approximate surface area is 122 Å². The summed E-state index contributed by atoms with van der Waals surface area (Å²) in [4.78, 5) is 16.8. The van der Waals surface area contributed by atoms with Crippen molar-refractivity contribution in [2.75, 3.05) is 11.1 Å². The van der Waals surface area contributed by atoms with Crippen LogP contribution in [0.2, 0.25) is 0 Å². The fraction of sp³-hybridized carbons (Fsp3) is 0.0588. The number of hydrogen-bond donors (Lipinski definition) is 2. The van der Waals surface area contributed by atoms with Crippen LogP contribution in [0.1, 0.15) is 15.9 Å². The molecule has 0 saturated carbocycles. The molecule has 0 aliphatic rings. The normalized spacial score (nSPS) is 10.5. The lowest BCUT2D eigenvalue weighted by Crippen LogP contribution is -2.16. The van der Waals surface area contributed by atoms with Crippen molar-refractivity contribution in [3.8, 4) is 0 Å². The van der Waals surface area contributed by atoms with Crippen LogP contribution in [0.4, 0.5) is 11.4 Å². The number of carbonyl (C=O) groups excluding carboxylic acids is 1. The Bertz CT molecular complexity index is 802. The van der Waals surface area contributed by atoms with Gasteiger partial charge in [0, 0.05) is 17.3 Å². The summed E-state index contributed by atoms with van der Waals surface area (Å²) >= 11 is 0. The van der Waals surface area contributed by atoms with Gasteiger partial charge in [-0.3, -0.25) is 9.78 Å². The maximum absolute atomic E-state index is 12.5. The molecule has 3 N–H and O–H groups in total. The van der Waals surface area contributed by atoms with E-state index in [0.29, 0.717) is 16.9 Å². The molecule has 104 valence electrons. The predicted octanol–water partition coefficient (Wildman–Crippen LogP) is 3.38. The van der Waals surface area contributed by atoms with Crippen molar-refractivity contribution in [1.29, 1.82) is 0 Å². The Balaban J connectivity index is 2.01. The number of rotatable bonds is 2. The fourth-order valence-corrected chi connectivity index (χ4v) is 2.39. The van der Waals surface area contributed by atoms with Crippen LogP contribution in [0.15, 0.2) is 54.7 Å². The second-order valence-electron chi connectivity index (χ2n) is 4.87. The first-order valence-electron chi connectivity index (χ1n) is 6.67. The van der Waals surface area contributed by atoms with Gasteiger partial charge in [-0.15, -0.1) is 0 Å². The van der Waals surface area contributed by atoms with Crippen LogP contribution in [0.3, 0.4) is 0 Å². The van der Waals surface area contributed by atoms with Crippen LogP contribution in [-0.2, 0) is 0 Å². The Morgan fingerprint density at radius 1 is 1.10 bits per heavy atom. The zero-order valence-electron chi connectivity index (χ0n) is 11.6. The van der Waals surface area contributed by atoms with Gasteiger partial charge in [0.15, 0.2) is 0 Å². The highest BCUT2D eigenvalue weighted by molar-refractivity contribution is 6.11. The van der Waals surface area contributed by atoms with E-state index in [0.717, 1.165) is 16.5 Å². The van der Waals surface area contributed by atoms with E-state index in [1.165, 1.54) is 0 Å². The molecular formula is C17H15N3O. The average molecular weight is 277 g/mol. The van der Waals surface area contributed by atoms with E-state index in [4.69, 9.17) is 5.73 Å². The number of amides is 1. The molecule has 0 saturated heterocycles.